The van der Waals surface area contributed by atoms with E-state index in [-0.39, 0.29) is 30.1 Å². The number of ether oxygens (including phenoxy) is 1. The first-order valence-corrected chi connectivity index (χ1v) is 11.6. The molecule has 9 heteroatoms. The van der Waals surface area contributed by atoms with Gasteiger partial charge in [-0.25, -0.2) is 9.98 Å². The van der Waals surface area contributed by atoms with E-state index in [4.69, 9.17) is 14.7 Å². The molecule has 4 heterocycles. The van der Waals surface area contributed by atoms with E-state index >= 15 is 0 Å². The lowest BCUT2D eigenvalue weighted by Crippen LogP contribution is -2.48. The summed E-state index contributed by atoms with van der Waals surface area (Å²) in [6.45, 7) is 8.05. The smallest absolute Gasteiger partial charge is 0.194 e. The summed E-state index contributed by atoms with van der Waals surface area (Å²) in [5.41, 5.74) is 2.24. The minimum absolute atomic E-state index is 0. The minimum atomic E-state index is 0. The number of aryl methyl sites for hydroxylation is 1. The number of halogens is 1. The fourth-order valence-electron chi connectivity index (χ4n) is 4.24. The van der Waals surface area contributed by atoms with Crippen molar-refractivity contribution in [2.24, 2.45) is 12.0 Å². The van der Waals surface area contributed by atoms with Gasteiger partial charge in [0.2, 0.25) is 0 Å². The molecule has 2 aliphatic heterocycles. The van der Waals surface area contributed by atoms with Crippen molar-refractivity contribution in [3.63, 3.8) is 0 Å². The van der Waals surface area contributed by atoms with E-state index in [1.807, 2.05) is 30.3 Å². The normalized spacial score (nSPS) is 19.9. The first-order valence-electron chi connectivity index (χ1n) is 11.6. The molecule has 8 nitrogen and oxygen atoms in total. The third-order valence-electron chi connectivity index (χ3n) is 5.95. The molecule has 2 saturated heterocycles. The maximum atomic E-state index is 5.99. The number of aromatic nitrogens is 3. The SMILES string of the molecule is CCNC(=NCc1ccc(N2CCCCCC2)nc1)N1CCOC(c2cnn(C)c2)C1.I. The second-order valence-corrected chi connectivity index (χ2v) is 8.35. The highest BCUT2D eigenvalue weighted by Gasteiger charge is 2.25. The largest absolute Gasteiger partial charge is 0.370 e. The molecule has 32 heavy (non-hydrogen) atoms. The molecular weight excluding hydrogens is 517 g/mol. The topological polar surface area (TPSA) is 70.8 Å². The van der Waals surface area contributed by atoms with Crippen LogP contribution in [0.25, 0.3) is 0 Å². The van der Waals surface area contributed by atoms with Gasteiger partial charge in [-0.05, 0) is 31.4 Å². The number of morpholine rings is 1. The summed E-state index contributed by atoms with van der Waals surface area (Å²) < 4.78 is 7.80. The van der Waals surface area contributed by atoms with Gasteiger partial charge < -0.3 is 19.9 Å². The maximum Gasteiger partial charge on any atom is 0.194 e. The predicted octanol–water partition coefficient (Wildman–Crippen LogP) is 3.35. The first-order chi connectivity index (χ1) is 15.2. The maximum absolute atomic E-state index is 5.99. The van der Waals surface area contributed by atoms with Gasteiger partial charge in [0.1, 0.15) is 11.9 Å². The quantitative estimate of drug-likeness (QED) is 0.348. The second kappa shape index (κ2) is 12.4. The van der Waals surface area contributed by atoms with E-state index in [2.05, 4.69) is 39.3 Å². The number of hydrogen-bond acceptors (Lipinski definition) is 5. The van der Waals surface area contributed by atoms with Crippen LogP contribution in [-0.2, 0) is 18.3 Å². The standard InChI is InChI=1S/C23H35N7O.HI/c1-3-24-23(30-12-13-31-21(18-30)20-16-27-28(2)17-20)26-15-19-8-9-22(25-14-19)29-10-6-4-5-7-11-29;/h8-9,14,16-17,21H,3-7,10-13,15,18H2,1-2H3,(H,24,26);1H. The van der Waals surface area contributed by atoms with Crippen molar-refractivity contribution in [3.05, 3.63) is 41.9 Å². The Morgan fingerprint density at radius 2 is 1.97 bits per heavy atom. The molecule has 0 aliphatic carbocycles. The van der Waals surface area contributed by atoms with Crippen molar-refractivity contribution in [1.82, 2.24) is 25.0 Å². The summed E-state index contributed by atoms with van der Waals surface area (Å²) in [5.74, 6) is 2.02. The van der Waals surface area contributed by atoms with Crippen LogP contribution in [0.3, 0.4) is 0 Å². The van der Waals surface area contributed by atoms with Crippen molar-refractivity contribution in [3.8, 4) is 0 Å². The number of pyridine rings is 1. The van der Waals surface area contributed by atoms with Crippen LogP contribution in [0.5, 0.6) is 0 Å². The van der Waals surface area contributed by atoms with Gasteiger partial charge in [-0.1, -0.05) is 18.9 Å². The van der Waals surface area contributed by atoms with Crippen LogP contribution in [0.15, 0.2) is 35.7 Å². The highest BCUT2D eigenvalue weighted by atomic mass is 127. The van der Waals surface area contributed by atoms with Crippen LogP contribution < -0.4 is 10.2 Å². The molecule has 0 aromatic carbocycles. The number of aliphatic imine (C=N–C) groups is 1. The third kappa shape index (κ3) is 6.57. The summed E-state index contributed by atoms with van der Waals surface area (Å²) in [7, 11) is 1.93. The Balaban J connectivity index is 0.00000289. The molecular formula is C23H36IN7O. The summed E-state index contributed by atoms with van der Waals surface area (Å²) >= 11 is 0. The van der Waals surface area contributed by atoms with Crippen molar-refractivity contribution in [1.29, 1.82) is 0 Å². The summed E-state index contributed by atoms with van der Waals surface area (Å²) in [5, 5.41) is 7.72. The minimum Gasteiger partial charge on any atom is -0.370 e. The lowest BCUT2D eigenvalue weighted by atomic mass is 10.1. The molecule has 1 atom stereocenters. The number of rotatable bonds is 5. The molecule has 1 N–H and O–H groups in total. The van der Waals surface area contributed by atoms with Gasteiger partial charge in [0, 0.05) is 51.2 Å². The fraction of sp³-hybridized carbons (Fsp3) is 0.609. The van der Waals surface area contributed by atoms with E-state index in [0.29, 0.717) is 13.2 Å². The van der Waals surface area contributed by atoms with Crippen LogP contribution in [0, 0.1) is 0 Å². The zero-order valence-electron chi connectivity index (χ0n) is 19.2. The Bertz CT molecular complexity index is 846. The molecule has 4 rings (SSSR count). The average molecular weight is 553 g/mol. The van der Waals surface area contributed by atoms with E-state index in [1.165, 1.54) is 25.7 Å². The van der Waals surface area contributed by atoms with Gasteiger partial charge in [-0.3, -0.25) is 4.68 Å². The van der Waals surface area contributed by atoms with Gasteiger partial charge in [0.25, 0.3) is 0 Å². The third-order valence-corrected chi connectivity index (χ3v) is 5.95. The van der Waals surface area contributed by atoms with Crippen LogP contribution in [0.4, 0.5) is 5.82 Å². The number of nitrogens with zero attached hydrogens (tertiary/aromatic N) is 6. The van der Waals surface area contributed by atoms with Gasteiger partial charge in [-0.2, -0.15) is 5.10 Å². The van der Waals surface area contributed by atoms with Gasteiger partial charge in [0.05, 0.1) is 25.9 Å². The van der Waals surface area contributed by atoms with Crippen LogP contribution in [0.2, 0.25) is 0 Å². The first kappa shape index (κ1) is 24.8. The Morgan fingerprint density at radius 1 is 1.16 bits per heavy atom. The lowest BCUT2D eigenvalue weighted by Gasteiger charge is -2.34. The number of guanidine groups is 1. The summed E-state index contributed by atoms with van der Waals surface area (Å²) in [6.07, 6.45) is 11.1. The predicted molar refractivity (Wildman–Crippen MR) is 139 cm³/mol. The van der Waals surface area contributed by atoms with Crippen LogP contribution >= 0.6 is 24.0 Å². The molecule has 0 saturated carbocycles. The van der Waals surface area contributed by atoms with Gasteiger partial charge in [0.15, 0.2) is 5.96 Å². The average Bonchev–Trinajstić information content (AvgIpc) is 3.06. The van der Waals surface area contributed by atoms with E-state index in [1.54, 1.807) is 0 Å². The monoisotopic (exact) mass is 553 g/mol. The molecule has 0 bridgehead atoms. The molecule has 2 aliphatic rings. The number of nitrogens with one attached hydrogen (secondary N) is 1. The molecule has 0 spiro atoms. The Kier molecular flexibility index (Phi) is 9.58. The van der Waals surface area contributed by atoms with Gasteiger partial charge >= 0.3 is 0 Å². The molecule has 0 radical (unpaired) electrons. The summed E-state index contributed by atoms with van der Waals surface area (Å²) in [4.78, 5) is 14.3. The molecule has 1 unspecified atom stereocenters. The second-order valence-electron chi connectivity index (χ2n) is 8.35. The highest BCUT2D eigenvalue weighted by Crippen LogP contribution is 2.22. The molecule has 2 aromatic rings. The molecule has 2 aromatic heterocycles. The highest BCUT2D eigenvalue weighted by molar-refractivity contribution is 14.0. The Morgan fingerprint density at radius 3 is 2.62 bits per heavy atom. The van der Waals surface area contributed by atoms with E-state index in [9.17, 15) is 0 Å². The van der Waals surface area contributed by atoms with Crippen molar-refractivity contribution >= 4 is 35.8 Å². The molecule has 176 valence electrons. The zero-order chi connectivity index (χ0) is 21.5. The fourth-order valence-corrected chi connectivity index (χ4v) is 4.24. The van der Waals surface area contributed by atoms with Crippen LogP contribution in [0.1, 0.15) is 49.8 Å². The van der Waals surface area contributed by atoms with E-state index in [0.717, 1.165) is 55.6 Å². The Labute approximate surface area is 208 Å². The number of hydrogen-bond donors (Lipinski definition) is 1. The lowest BCUT2D eigenvalue weighted by molar-refractivity contribution is -0.00805. The molecule has 0 amide bonds. The van der Waals surface area contributed by atoms with Gasteiger partial charge in [-0.15, -0.1) is 24.0 Å². The van der Waals surface area contributed by atoms with Crippen LogP contribution in [-0.4, -0.2) is 65.0 Å². The number of anilines is 1. The summed E-state index contributed by atoms with van der Waals surface area (Å²) in [6, 6.07) is 4.31. The van der Waals surface area contributed by atoms with Crippen molar-refractivity contribution < 1.29 is 4.74 Å². The Hall–Kier alpha value is -1.88. The zero-order valence-corrected chi connectivity index (χ0v) is 21.6. The molecule has 2 fully saturated rings. The van der Waals surface area contributed by atoms with Crippen molar-refractivity contribution in [2.75, 3.05) is 44.2 Å². The van der Waals surface area contributed by atoms with Crippen molar-refractivity contribution in [2.45, 2.75) is 45.3 Å². The van der Waals surface area contributed by atoms with E-state index < -0.39 is 0 Å².